The van der Waals surface area contributed by atoms with Crippen molar-refractivity contribution in [3.05, 3.63) is 71.8 Å². The molecule has 3 nitrogen and oxygen atoms in total. The van der Waals surface area contributed by atoms with Crippen LogP contribution in [0.3, 0.4) is 0 Å². The first-order valence-corrected chi connectivity index (χ1v) is 7.26. The molecule has 0 fully saturated rings. The molecule has 0 saturated carbocycles. The molecule has 0 aliphatic carbocycles. The first-order chi connectivity index (χ1) is 10.1. The summed E-state index contributed by atoms with van der Waals surface area (Å²) in [5.74, 6) is 0.0951. The van der Waals surface area contributed by atoms with Gasteiger partial charge in [0.05, 0.1) is 0 Å². The van der Waals surface area contributed by atoms with Crippen LogP contribution in [0.1, 0.15) is 24.5 Å². The Morgan fingerprint density at radius 2 is 1.36 bits per heavy atom. The van der Waals surface area contributed by atoms with Crippen LogP contribution in [0.2, 0.25) is 0 Å². The standard InChI is InChI=1S/C18H22N2O.ClH/c1-15(19)12-18(21)20(13-16-8-4-2-5-9-16)14-17-10-6-3-7-11-17;/h2-11,15H,12-14,19H2,1H3;1H. The number of hydrogen-bond acceptors (Lipinski definition) is 2. The third-order valence-electron chi connectivity index (χ3n) is 3.28. The van der Waals surface area contributed by atoms with Gasteiger partial charge in [-0.3, -0.25) is 4.79 Å². The summed E-state index contributed by atoms with van der Waals surface area (Å²) in [6, 6.07) is 20.0. The molecule has 0 aliphatic rings. The molecule has 1 unspecified atom stereocenters. The average Bonchev–Trinajstić information content (AvgIpc) is 2.48. The second-order valence-electron chi connectivity index (χ2n) is 5.40. The average molecular weight is 319 g/mol. The van der Waals surface area contributed by atoms with E-state index in [2.05, 4.69) is 0 Å². The second kappa shape index (κ2) is 9.23. The highest BCUT2D eigenvalue weighted by Gasteiger charge is 2.15. The second-order valence-corrected chi connectivity index (χ2v) is 5.40. The molecule has 0 aromatic heterocycles. The zero-order chi connectivity index (χ0) is 15.1. The minimum atomic E-state index is -0.119. The molecule has 2 N–H and O–H groups in total. The fourth-order valence-corrected chi connectivity index (χ4v) is 2.24. The van der Waals surface area contributed by atoms with E-state index >= 15 is 0 Å². The number of rotatable bonds is 6. The number of nitrogens with zero attached hydrogens (tertiary/aromatic N) is 1. The van der Waals surface area contributed by atoms with Crippen molar-refractivity contribution in [3.63, 3.8) is 0 Å². The minimum Gasteiger partial charge on any atom is -0.334 e. The number of carbonyl (C=O) groups excluding carboxylic acids is 1. The van der Waals surface area contributed by atoms with Gasteiger partial charge in [-0.25, -0.2) is 0 Å². The van der Waals surface area contributed by atoms with Gasteiger partial charge in [-0.15, -0.1) is 12.4 Å². The molecule has 118 valence electrons. The van der Waals surface area contributed by atoms with Crippen molar-refractivity contribution in [2.24, 2.45) is 5.73 Å². The van der Waals surface area contributed by atoms with Crippen molar-refractivity contribution in [3.8, 4) is 0 Å². The molecule has 1 amide bonds. The molecular formula is C18H23ClN2O. The molecular weight excluding hydrogens is 296 g/mol. The molecule has 0 radical (unpaired) electrons. The summed E-state index contributed by atoms with van der Waals surface area (Å²) in [5, 5.41) is 0. The van der Waals surface area contributed by atoms with Crippen molar-refractivity contribution in [2.75, 3.05) is 0 Å². The zero-order valence-corrected chi connectivity index (χ0v) is 13.6. The molecule has 2 aromatic rings. The summed E-state index contributed by atoms with van der Waals surface area (Å²) in [5.41, 5.74) is 8.03. The normalized spacial score (nSPS) is 11.4. The molecule has 0 aliphatic heterocycles. The summed E-state index contributed by atoms with van der Waals surface area (Å²) in [6.07, 6.45) is 0.375. The molecule has 22 heavy (non-hydrogen) atoms. The van der Waals surface area contributed by atoms with Crippen LogP contribution in [0, 0.1) is 0 Å². The summed E-state index contributed by atoms with van der Waals surface area (Å²) < 4.78 is 0. The lowest BCUT2D eigenvalue weighted by molar-refractivity contribution is -0.132. The van der Waals surface area contributed by atoms with Crippen LogP contribution in [-0.2, 0) is 17.9 Å². The van der Waals surface area contributed by atoms with Crippen LogP contribution < -0.4 is 5.73 Å². The molecule has 1 atom stereocenters. The van der Waals surface area contributed by atoms with Crippen molar-refractivity contribution >= 4 is 18.3 Å². The smallest absolute Gasteiger partial charge is 0.224 e. The summed E-state index contributed by atoms with van der Waals surface area (Å²) in [7, 11) is 0. The SMILES string of the molecule is CC(N)CC(=O)N(Cc1ccccc1)Cc1ccccc1.Cl. The monoisotopic (exact) mass is 318 g/mol. The van der Waals surface area contributed by atoms with Gasteiger partial charge in [0, 0.05) is 25.6 Å². The third kappa shape index (κ3) is 5.88. The Morgan fingerprint density at radius 1 is 0.955 bits per heavy atom. The minimum absolute atomic E-state index is 0. The summed E-state index contributed by atoms with van der Waals surface area (Å²) in [6.45, 7) is 3.09. The highest BCUT2D eigenvalue weighted by atomic mass is 35.5. The van der Waals surface area contributed by atoms with Crippen LogP contribution in [0.5, 0.6) is 0 Å². The van der Waals surface area contributed by atoms with Crippen molar-refractivity contribution < 1.29 is 4.79 Å². The quantitative estimate of drug-likeness (QED) is 0.887. The van der Waals surface area contributed by atoms with E-state index in [0.29, 0.717) is 19.5 Å². The van der Waals surface area contributed by atoms with Gasteiger partial charge in [0.2, 0.25) is 5.91 Å². The first kappa shape index (κ1) is 18.2. The van der Waals surface area contributed by atoms with E-state index in [0.717, 1.165) is 11.1 Å². The van der Waals surface area contributed by atoms with Gasteiger partial charge in [-0.1, -0.05) is 60.7 Å². The molecule has 0 saturated heterocycles. The zero-order valence-electron chi connectivity index (χ0n) is 12.8. The number of benzene rings is 2. The fourth-order valence-electron chi connectivity index (χ4n) is 2.24. The van der Waals surface area contributed by atoms with Gasteiger partial charge in [0.25, 0.3) is 0 Å². The van der Waals surface area contributed by atoms with E-state index in [1.54, 1.807) is 0 Å². The highest BCUT2D eigenvalue weighted by Crippen LogP contribution is 2.12. The third-order valence-corrected chi connectivity index (χ3v) is 3.28. The molecule has 2 rings (SSSR count). The van der Waals surface area contributed by atoms with E-state index in [1.807, 2.05) is 72.5 Å². The summed E-state index contributed by atoms with van der Waals surface area (Å²) in [4.78, 5) is 14.3. The van der Waals surface area contributed by atoms with Crippen LogP contribution in [-0.4, -0.2) is 16.8 Å². The van der Waals surface area contributed by atoms with Gasteiger partial charge in [-0.05, 0) is 18.1 Å². The van der Waals surface area contributed by atoms with Crippen LogP contribution in [0.4, 0.5) is 0 Å². The Morgan fingerprint density at radius 3 is 1.73 bits per heavy atom. The van der Waals surface area contributed by atoms with Crippen molar-refractivity contribution in [1.82, 2.24) is 4.90 Å². The predicted molar refractivity (Wildman–Crippen MR) is 92.7 cm³/mol. The van der Waals surface area contributed by atoms with E-state index in [9.17, 15) is 4.79 Å². The Hall–Kier alpha value is -1.84. The van der Waals surface area contributed by atoms with Gasteiger partial charge in [0.1, 0.15) is 0 Å². The van der Waals surface area contributed by atoms with Gasteiger partial charge < -0.3 is 10.6 Å². The van der Waals surface area contributed by atoms with E-state index < -0.39 is 0 Å². The number of carbonyl (C=O) groups is 1. The number of amides is 1. The lowest BCUT2D eigenvalue weighted by Crippen LogP contribution is -2.34. The topological polar surface area (TPSA) is 46.3 Å². The summed E-state index contributed by atoms with van der Waals surface area (Å²) >= 11 is 0. The number of nitrogens with two attached hydrogens (primary N) is 1. The molecule has 0 heterocycles. The fraction of sp³-hybridized carbons (Fsp3) is 0.278. The van der Waals surface area contributed by atoms with Crippen LogP contribution in [0.25, 0.3) is 0 Å². The van der Waals surface area contributed by atoms with Gasteiger partial charge >= 0.3 is 0 Å². The van der Waals surface area contributed by atoms with E-state index in [1.165, 1.54) is 0 Å². The van der Waals surface area contributed by atoms with E-state index in [4.69, 9.17) is 5.73 Å². The largest absolute Gasteiger partial charge is 0.334 e. The maximum absolute atomic E-state index is 12.4. The molecule has 4 heteroatoms. The Labute approximate surface area is 138 Å². The Kier molecular flexibility index (Phi) is 7.64. The van der Waals surface area contributed by atoms with Crippen LogP contribution in [0.15, 0.2) is 60.7 Å². The molecule has 2 aromatic carbocycles. The lowest BCUT2D eigenvalue weighted by atomic mass is 10.1. The number of hydrogen-bond donors (Lipinski definition) is 1. The highest BCUT2D eigenvalue weighted by molar-refractivity contribution is 5.85. The first-order valence-electron chi connectivity index (χ1n) is 7.26. The van der Waals surface area contributed by atoms with Gasteiger partial charge in [0.15, 0.2) is 0 Å². The van der Waals surface area contributed by atoms with Crippen LogP contribution >= 0.6 is 12.4 Å². The maximum atomic E-state index is 12.4. The van der Waals surface area contributed by atoms with Crippen molar-refractivity contribution in [2.45, 2.75) is 32.5 Å². The molecule has 0 bridgehead atoms. The number of halogens is 1. The van der Waals surface area contributed by atoms with E-state index in [-0.39, 0.29) is 24.4 Å². The van der Waals surface area contributed by atoms with Gasteiger partial charge in [-0.2, -0.15) is 0 Å². The molecule has 0 spiro atoms. The van der Waals surface area contributed by atoms with Crippen molar-refractivity contribution in [1.29, 1.82) is 0 Å². The maximum Gasteiger partial charge on any atom is 0.224 e. The predicted octanol–water partition coefficient (Wildman–Crippen LogP) is 3.37. The lowest BCUT2D eigenvalue weighted by Gasteiger charge is -2.24. The Balaban J connectivity index is 0.00000242. The Bertz CT molecular complexity index is 516.